The van der Waals surface area contributed by atoms with Gasteiger partial charge in [-0.25, -0.2) is 8.42 Å². The molecule has 0 heterocycles. The molecule has 0 unspecified atom stereocenters. The minimum atomic E-state index is -4.21. The molecule has 226 valence electrons. The Kier molecular flexibility index (Phi) is 11.0. The number of carbonyl (C=O) groups excluding carboxylic acids is 2. The number of methoxy groups -OCH3 is 2. The Balaban J connectivity index is 2.12. The van der Waals surface area contributed by atoms with Gasteiger partial charge in [0.15, 0.2) is 0 Å². The van der Waals surface area contributed by atoms with Crippen LogP contribution >= 0.6 is 0 Å². The monoisotopic (exact) mass is 595 g/mol. The molecule has 0 saturated carbocycles. The van der Waals surface area contributed by atoms with Gasteiger partial charge in [0.25, 0.3) is 10.0 Å². The van der Waals surface area contributed by atoms with Crippen LogP contribution in [0.4, 0.5) is 5.69 Å². The highest BCUT2D eigenvalue weighted by Gasteiger charge is 2.35. The molecule has 0 spiro atoms. The molecule has 42 heavy (non-hydrogen) atoms. The van der Waals surface area contributed by atoms with E-state index in [9.17, 15) is 18.0 Å². The molecule has 2 amide bonds. The predicted octanol–water partition coefficient (Wildman–Crippen LogP) is 4.85. The van der Waals surface area contributed by atoms with E-state index in [1.807, 2.05) is 46.8 Å². The molecule has 3 aromatic rings. The molecule has 3 aromatic carbocycles. The summed E-state index contributed by atoms with van der Waals surface area (Å²) in [6.07, 6.45) is 0.332. The first-order chi connectivity index (χ1) is 19.9. The van der Waals surface area contributed by atoms with Crippen molar-refractivity contribution in [2.45, 2.75) is 64.6 Å². The topological polar surface area (TPSA) is 105 Å². The van der Waals surface area contributed by atoms with Crippen molar-refractivity contribution in [3.8, 4) is 11.5 Å². The maximum Gasteiger partial charge on any atom is 0.264 e. The van der Waals surface area contributed by atoms with E-state index in [2.05, 4.69) is 5.32 Å². The second-order valence-corrected chi connectivity index (χ2v) is 12.3. The van der Waals surface area contributed by atoms with Crippen molar-refractivity contribution in [2.24, 2.45) is 0 Å². The second kappa shape index (κ2) is 14.2. The predicted molar refractivity (Wildman–Crippen MR) is 164 cm³/mol. The zero-order chi connectivity index (χ0) is 31.0. The van der Waals surface area contributed by atoms with Crippen LogP contribution in [0.25, 0.3) is 0 Å². The third-order valence-electron chi connectivity index (χ3n) is 6.82. The number of carbonyl (C=O) groups is 2. The molecule has 0 fully saturated rings. The number of amides is 2. The SMILES string of the molecule is CC[C@@H](C(=O)NC(C)C)N(Cc1ccc(OC)cc1)C(=O)CN(c1cc(C)ccc1OC)S(=O)(=O)c1ccc(C)cc1. The van der Waals surface area contributed by atoms with Crippen LogP contribution in [0.5, 0.6) is 11.5 Å². The first-order valence-electron chi connectivity index (χ1n) is 13.9. The number of hydrogen-bond donors (Lipinski definition) is 1. The van der Waals surface area contributed by atoms with E-state index in [1.54, 1.807) is 49.6 Å². The van der Waals surface area contributed by atoms with Crippen molar-refractivity contribution in [1.82, 2.24) is 10.2 Å². The molecule has 9 nitrogen and oxygen atoms in total. The number of hydrogen-bond acceptors (Lipinski definition) is 6. The lowest BCUT2D eigenvalue weighted by atomic mass is 10.1. The van der Waals surface area contributed by atoms with E-state index in [0.29, 0.717) is 17.9 Å². The van der Waals surface area contributed by atoms with Crippen molar-refractivity contribution >= 4 is 27.5 Å². The highest BCUT2D eigenvalue weighted by Crippen LogP contribution is 2.34. The van der Waals surface area contributed by atoms with Crippen LogP contribution in [0.1, 0.15) is 43.9 Å². The molecule has 0 bridgehead atoms. The van der Waals surface area contributed by atoms with E-state index >= 15 is 0 Å². The van der Waals surface area contributed by atoms with Gasteiger partial charge in [-0.3, -0.25) is 13.9 Å². The summed E-state index contributed by atoms with van der Waals surface area (Å²) < 4.78 is 40.1. The molecule has 0 aliphatic heterocycles. The zero-order valence-electron chi connectivity index (χ0n) is 25.4. The van der Waals surface area contributed by atoms with Crippen molar-refractivity contribution in [1.29, 1.82) is 0 Å². The zero-order valence-corrected chi connectivity index (χ0v) is 26.2. The van der Waals surface area contributed by atoms with E-state index in [4.69, 9.17) is 9.47 Å². The Hall–Kier alpha value is -4.05. The minimum absolute atomic E-state index is 0.0377. The largest absolute Gasteiger partial charge is 0.497 e. The quantitative estimate of drug-likeness (QED) is 0.303. The first-order valence-corrected chi connectivity index (χ1v) is 15.3. The average Bonchev–Trinajstić information content (AvgIpc) is 2.95. The summed E-state index contributed by atoms with van der Waals surface area (Å²) in [4.78, 5) is 29.0. The van der Waals surface area contributed by atoms with Crippen LogP contribution in [-0.4, -0.2) is 58.0 Å². The Morgan fingerprint density at radius 3 is 2.05 bits per heavy atom. The highest BCUT2D eigenvalue weighted by molar-refractivity contribution is 7.92. The number of sulfonamides is 1. The van der Waals surface area contributed by atoms with Crippen LogP contribution in [0, 0.1) is 13.8 Å². The average molecular weight is 596 g/mol. The van der Waals surface area contributed by atoms with Gasteiger partial charge in [0.2, 0.25) is 11.8 Å². The summed E-state index contributed by atoms with van der Waals surface area (Å²) in [5.41, 5.74) is 2.69. The molecule has 0 radical (unpaired) electrons. The Labute approximate surface area is 249 Å². The van der Waals surface area contributed by atoms with E-state index in [1.165, 1.54) is 24.1 Å². The molecular weight excluding hydrogens is 554 g/mol. The maximum atomic E-state index is 14.2. The van der Waals surface area contributed by atoms with Gasteiger partial charge in [0, 0.05) is 12.6 Å². The van der Waals surface area contributed by atoms with Crippen molar-refractivity contribution in [2.75, 3.05) is 25.1 Å². The molecular formula is C32H41N3O6S. The lowest BCUT2D eigenvalue weighted by Gasteiger charge is -2.34. The van der Waals surface area contributed by atoms with Gasteiger partial charge in [-0.05, 0) is 81.6 Å². The van der Waals surface area contributed by atoms with Crippen molar-refractivity contribution in [3.63, 3.8) is 0 Å². The number of nitrogens with one attached hydrogen (secondary N) is 1. The Morgan fingerprint density at radius 1 is 0.881 bits per heavy atom. The number of benzene rings is 3. The fourth-order valence-corrected chi connectivity index (χ4v) is 5.99. The standard InChI is InChI=1S/C32H41N3O6S/c1-8-28(32(37)33-22(2)3)34(20-25-12-14-26(40-6)15-13-25)31(36)21-35(29-19-24(5)11-18-30(29)41-7)42(38,39)27-16-9-23(4)10-17-27/h9-19,22,28H,8,20-21H2,1-7H3,(H,33,37)/t28-/m0/s1. The van der Waals surface area contributed by atoms with Gasteiger partial charge >= 0.3 is 0 Å². The smallest absolute Gasteiger partial charge is 0.264 e. The van der Waals surface area contributed by atoms with E-state index in [0.717, 1.165) is 21.0 Å². The van der Waals surface area contributed by atoms with Gasteiger partial charge < -0.3 is 19.7 Å². The Bertz CT molecular complexity index is 1470. The van der Waals surface area contributed by atoms with Gasteiger partial charge in [-0.1, -0.05) is 42.8 Å². The fourth-order valence-electron chi connectivity index (χ4n) is 4.57. The van der Waals surface area contributed by atoms with Crippen LogP contribution in [0.3, 0.4) is 0 Å². The van der Waals surface area contributed by atoms with Gasteiger partial charge in [-0.15, -0.1) is 0 Å². The summed E-state index contributed by atoms with van der Waals surface area (Å²) in [7, 11) is -1.20. The Morgan fingerprint density at radius 2 is 1.50 bits per heavy atom. The number of ether oxygens (including phenoxy) is 2. The number of aryl methyl sites for hydroxylation is 2. The highest BCUT2D eigenvalue weighted by atomic mass is 32.2. The molecule has 1 N–H and O–H groups in total. The summed E-state index contributed by atoms with van der Waals surface area (Å²) in [6.45, 7) is 8.77. The molecule has 10 heteroatoms. The molecule has 0 aliphatic carbocycles. The summed E-state index contributed by atoms with van der Waals surface area (Å²) in [5, 5.41) is 2.90. The van der Waals surface area contributed by atoms with Crippen LogP contribution in [-0.2, 0) is 26.2 Å². The molecule has 0 saturated heterocycles. The van der Waals surface area contributed by atoms with E-state index < -0.39 is 28.5 Å². The number of nitrogens with zero attached hydrogens (tertiary/aromatic N) is 2. The number of anilines is 1. The van der Waals surface area contributed by atoms with Crippen molar-refractivity contribution < 1.29 is 27.5 Å². The molecule has 1 atom stereocenters. The minimum Gasteiger partial charge on any atom is -0.497 e. The van der Waals surface area contributed by atoms with Gasteiger partial charge in [0.1, 0.15) is 24.1 Å². The second-order valence-electron chi connectivity index (χ2n) is 10.5. The fraction of sp³-hybridized carbons (Fsp3) is 0.375. The third kappa shape index (κ3) is 7.82. The molecule has 0 aromatic heterocycles. The lowest BCUT2D eigenvalue weighted by molar-refractivity contribution is -0.140. The van der Waals surface area contributed by atoms with Gasteiger partial charge in [0.05, 0.1) is 24.8 Å². The van der Waals surface area contributed by atoms with Crippen LogP contribution in [0.2, 0.25) is 0 Å². The summed E-state index contributed by atoms with van der Waals surface area (Å²) in [6, 6.07) is 17.8. The number of rotatable bonds is 13. The summed E-state index contributed by atoms with van der Waals surface area (Å²) in [5.74, 6) is 0.116. The molecule has 0 aliphatic rings. The normalized spacial score (nSPS) is 12.0. The van der Waals surface area contributed by atoms with Crippen LogP contribution < -0.4 is 19.1 Å². The third-order valence-corrected chi connectivity index (χ3v) is 8.59. The van der Waals surface area contributed by atoms with Crippen LogP contribution in [0.15, 0.2) is 71.6 Å². The van der Waals surface area contributed by atoms with Crippen molar-refractivity contribution in [3.05, 3.63) is 83.4 Å². The summed E-state index contributed by atoms with van der Waals surface area (Å²) >= 11 is 0. The molecule has 3 rings (SSSR count). The first kappa shape index (κ1) is 32.5. The lowest BCUT2D eigenvalue weighted by Crippen LogP contribution is -2.53. The maximum absolute atomic E-state index is 14.2. The van der Waals surface area contributed by atoms with Gasteiger partial charge in [-0.2, -0.15) is 0 Å². The van der Waals surface area contributed by atoms with E-state index in [-0.39, 0.29) is 29.1 Å².